The molecule has 2 fully saturated rings. The second kappa shape index (κ2) is 11.1. The molecule has 0 radical (unpaired) electrons. The molecule has 27 heavy (non-hydrogen) atoms. The highest BCUT2D eigenvalue weighted by Gasteiger charge is 2.23. The van der Waals surface area contributed by atoms with E-state index in [2.05, 4.69) is 25.4 Å². The van der Waals surface area contributed by atoms with E-state index < -0.39 is 0 Å². The number of hydrogen-bond acceptors (Lipinski definition) is 4. The Morgan fingerprint density at radius 1 is 0.926 bits per heavy atom. The van der Waals surface area contributed by atoms with E-state index in [1.165, 1.54) is 12.8 Å². The highest BCUT2D eigenvalue weighted by atomic mass is 16.2. The molecular weight excluding hydrogens is 344 g/mol. The third-order valence-electron chi connectivity index (χ3n) is 5.06. The van der Waals surface area contributed by atoms with Crippen molar-refractivity contribution in [3.63, 3.8) is 0 Å². The van der Waals surface area contributed by atoms with Crippen LogP contribution in [0.2, 0.25) is 0 Å². The summed E-state index contributed by atoms with van der Waals surface area (Å²) in [6.45, 7) is 9.71. The molecule has 2 aliphatic heterocycles. The van der Waals surface area contributed by atoms with Gasteiger partial charge >= 0.3 is 0 Å². The van der Waals surface area contributed by atoms with E-state index in [-0.39, 0.29) is 24.4 Å². The predicted octanol–water partition coefficient (Wildman–Crippen LogP) is 0.107. The van der Waals surface area contributed by atoms with Crippen LogP contribution in [0.5, 0.6) is 0 Å². The van der Waals surface area contributed by atoms with Crippen LogP contribution in [0.4, 0.5) is 0 Å². The maximum atomic E-state index is 12.5. The second-order valence-corrected chi connectivity index (χ2v) is 7.68. The smallest absolute Gasteiger partial charge is 0.239 e. The molecule has 0 spiro atoms. The fourth-order valence-electron chi connectivity index (χ4n) is 3.59. The molecule has 0 aromatic carbocycles. The summed E-state index contributed by atoms with van der Waals surface area (Å²) in [7, 11) is 1.73. The quantitative estimate of drug-likeness (QED) is 0.523. The molecule has 0 atom stereocenters. The zero-order chi connectivity index (χ0) is 19.6. The molecule has 2 heterocycles. The van der Waals surface area contributed by atoms with Crippen molar-refractivity contribution < 1.29 is 9.59 Å². The first-order chi connectivity index (χ1) is 13.0. The Hall–Kier alpha value is -1.83. The summed E-state index contributed by atoms with van der Waals surface area (Å²) >= 11 is 0. The Kier molecular flexibility index (Phi) is 8.84. The Balaban J connectivity index is 1.73. The summed E-state index contributed by atoms with van der Waals surface area (Å²) in [6, 6.07) is 0.131. The van der Waals surface area contributed by atoms with Crippen LogP contribution >= 0.6 is 0 Å². The van der Waals surface area contributed by atoms with Crippen LogP contribution in [0, 0.1) is 0 Å². The van der Waals surface area contributed by atoms with Gasteiger partial charge in [0.1, 0.15) is 0 Å². The van der Waals surface area contributed by atoms with Crippen molar-refractivity contribution in [3.8, 4) is 0 Å². The van der Waals surface area contributed by atoms with Crippen molar-refractivity contribution in [1.29, 1.82) is 0 Å². The number of aliphatic imine (C=N–C) groups is 1. The number of carbonyl (C=O) groups excluding carboxylic acids is 2. The standard InChI is InChI=1S/C19H36N6O2/c1-16(2)22-17(26)14-21-19(20-3)25-12-10-23(11-13-25)15-18(27)24-8-6-4-5-7-9-24/h16H,4-15H2,1-3H3,(H,20,21)(H,22,26). The van der Waals surface area contributed by atoms with E-state index in [4.69, 9.17) is 0 Å². The SMILES string of the molecule is CN=C(NCC(=O)NC(C)C)N1CCN(CC(=O)N2CCCCCC2)CC1. The Morgan fingerprint density at radius 2 is 1.56 bits per heavy atom. The molecule has 2 N–H and O–H groups in total. The molecule has 0 aliphatic carbocycles. The highest BCUT2D eigenvalue weighted by Crippen LogP contribution is 2.11. The van der Waals surface area contributed by atoms with E-state index >= 15 is 0 Å². The van der Waals surface area contributed by atoms with Crippen molar-refractivity contribution in [2.45, 2.75) is 45.6 Å². The van der Waals surface area contributed by atoms with Crippen LogP contribution in [0.1, 0.15) is 39.5 Å². The molecule has 154 valence electrons. The Morgan fingerprint density at radius 3 is 2.11 bits per heavy atom. The number of hydrogen-bond donors (Lipinski definition) is 2. The van der Waals surface area contributed by atoms with Crippen molar-refractivity contribution in [1.82, 2.24) is 25.3 Å². The minimum absolute atomic E-state index is 0.0344. The lowest BCUT2D eigenvalue weighted by atomic mass is 10.2. The van der Waals surface area contributed by atoms with Gasteiger partial charge in [0, 0.05) is 52.4 Å². The first kappa shape index (κ1) is 21.5. The zero-order valence-corrected chi connectivity index (χ0v) is 17.2. The fourth-order valence-corrected chi connectivity index (χ4v) is 3.59. The van der Waals surface area contributed by atoms with Gasteiger partial charge in [-0.3, -0.25) is 19.5 Å². The normalized spacial score (nSPS) is 19.8. The van der Waals surface area contributed by atoms with Gasteiger partial charge in [0.15, 0.2) is 5.96 Å². The van der Waals surface area contributed by atoms with Crippen molar-refractivity contribution >= 4 is 17.8 Å². The predicted molar refractivity (Wildman–Crippen MR) is 108 cm³/mol. The summed E-state index contributed by atoms with van der Waals surface area (Å²) in [5.74, 6) is 0.971. The maximum Gasteiger partial charge on any atom is 0.239 e. The summed E-state index contributed by atoms with van der Waals surface area (Å²) in [6.07, 6.45) is 4.74. The molecule has 2 saturated heterocycles. The molecule has 2 rings (SSSR count). The average molecular weight is 381 g/mol. The van der Waals surface area contributed by atoms with Crippen molar-refractivity contribution in [2.24, 2.45) is 4.99 Å². The number of likely N-dealkylation sites (tertiary alicyclic amines) is 1. The molecule has 0 bridgehead atoms. The molecule has 0 unspecified atom stereocenters. The zero-order valence-electron chi connectivity index (χ0n) is 17.2. The molecule has 2 aliphatic rings. The summed E-state index contributed by atoms with van der Waals surface area (Å²) in [4.78, 5) is 35.1. The third kappa shape index (κ3) is 7.36. The molecule has 0 saturated carbocycles. The number of carbonyl (C=O) groups is 2. The lowest BCUT2D eigenvalue weighted by molar-refractivity contribution is -0.132. The van der Waals surface area contributed by atoms with E-state index in [0.29, 0.717) is 6.54 Å². The van der Waals surface area contributed by atoms with Crippen LogP contribution in [-0.4, -0.2) is 97.9 Å². The van der Waals surface area contributed by atoms with Gasteiger partial charge in [0.05, 0.1) is 13.1 Å². The second-order valence-electron chi connectivity index (χ2n) is 7.68. The van der Waals surface area contributed by atoms with Gasteiger partial charge < -0.3 is 20.4 Å². The maximum absolute atomic E-state index is 12.5. The number of amides is 2. The van der Waals surface area contributed by atoms with Gasteiger partial charge in [-0.1, -0.05) is 12.8 Å². The first-order valence-corrected chi connectivity index (χ1v) is 10.2. The van der Waals surface area contributed by atoms with Gasteiger partial charge in [-0.15, -0.1) is 0 Å². The van der Waals surface area contributed by atoms with Crippen molar-refractivity contribution in [3.05, 3.63) is 0 Å². The van der Waals surface area contributed by atoms with E-state index in [1.54, 1.807) is 7.05 Å². The molecule has 0 aromatic rings. The highest BCUT2D eigenvalue weighted by molar-refractivity contribution is 5.86. The lowest BCUT2D eigenvalue weighted by Crippen LogP contribution is -2.55. The fraction of sp³-hybridized carbons (Fsp3) is 0.842. The van der Waals surface area contributed by atoms with Crippen LogP contribution in [0.15, 0.2) is 4.99 Å². The van der Waals surface area contributed by atoms with E-state index in [0.717, 1.165) is 58.1 Å². The van der Waals surface area contributed by atoms with Crippen LogP contribution in [0.3, 0.4) is 0 Å². The topological polar surface area (TPSA) is 80.3 Å². The lowest BCUT2D eigenvalue weighted by Gasteiger charge is -2.36. The minimum atomic E-state index is -0.0344. The number of nitrogens with one attached hydrogen (secondary N) is 2. The number of rotatable bonds is 5. The van der Waals surface area contributed by atoms with E-state index in [9.17, 15) is 9.59 Å². The summed E-state index contributed by atoms with van der Waals surface area (Å²) < 4.78 is 0. The molecule has 8 heteroatoms. The van der Waals surface area contributed by atoms with Gasteiger partial charge in [-0.2, -0.15) is 0 Å². The van der Waals surface area contributed by atoms with Crippen LogP contribution in [-0.2, 0) is 9.59 Å². The minimum Gasteiger partial charge on any atom is -0.352 e. The third-order valence-corrected chi connectivity index (χ3v) is 5.06. The van der Waals surface area contributed by atoms with Gasteiger partial charge in [0.25, 0.3) is 0 Å². The molecular formula is C19H36N6O2. The average Bonchev–Trinajstić information content (AvgIpc) is 2.92. The van der Waals surface area contributed by atoms with Crippen LogP contribution in [0.25, 0.3) is 0 Å². The number of piperazine rings is 1. The Labute approximate surface area is 163 Å². The van der Waals surface area contributed by atoms with Gasteiger partial charge in [-0.05, 0) is 26.7 Å². The Bertz CT molecular complexity index is 506. The molecule has 0 aromatic heterocycles. The summed E-state index contributed by atoms with van der Waals surface area (Å²) in [5.41, 5.74) is 0. The number of guanidine groups is 1. The van der Waals surface area contributed by atoms with Crippen LogP contribution < -0.4 is 10.6 Å². The monoisotopic (exact) mass is 380 g/mol. The molecule has 8 nitrogen and oxygen atoms in total. The number of nitrogens with zero attached hydrogens (tertiary/aromatic N) is 4. The van der Waals surface area contributed by atoms with Gasteiger partial charge in [-0.25, -0.2) is 0 Å². The first-order valence-electron chi connectivity index (χ1n) is 10.2. The largest absolute Gasteiger partial charge is 0.352 e. The molecule has 2 amide bonds. The van der Waals surface area contributed by atoms with E-state index in [1.807, 2.05) is 18.7 Å². The van der Waals surface area contributed by atoms with Gasteiger partial charge in [0.2, 0.25) is 11.8 Å². The van der Waals surface area contributed by atoms with Crippen molar-refractivity contribution in [2.75, 3.05) is 59.4 Å². The summed E-state index contributed by atoms with van der Waals surface area (Å²) in [5, 5.41) is 5.99.